The number of hydrogen-bond acceptors (Lipinski definition) is 4. The van der Waals surface area contributed by atoms with Gasteiger partial charge in [0, 0.05) is 24.8 Å². The van der Waals surface area contributed by atoms with Crippen LogP contribution in [0.1, 0.15) is 34.8 Å². The number of likely N-dealkylation sites (tertiary alicyclic amines) is 1. The van der Waals surface area contributed by atoms with Crippen LogP contribution in [-0.4, -0.2) is 40.7 Å². The minimum Gasteiger partial charge on any atom is -0.340 e. The van der Waals surface area contributed by atoms with Crippen LogP contribution in [0.25, 0.3) is 0 Å². The first kappa shape index (κ1) is 23.4. The van der Waals surface area contributed by atoms with Gasteiger partial charge in [0.05, 0.1) is 10.9 Å². The number of benzene rings is 2. The van der Waals surface area contributed by atoms with Gasteiger partial charge in [-0.2, -0.15) is 0 Å². The fourth-order valence-corrected chi connectivity index (χ4v) is 4.10. The minimum absolute atomic E-state index is 0.197. The van der Waals surface area contributed by atoms with Gasteiger partial charge in [0.25, 0.3) is 5.91 Å². The normalized spacial score (nSPS) is 16.4. The van der Waals surface area contributed by atoms with E-state index >= 15 is 0 Å². The van der Waals surface area contributed by atoms with Crippen molar-refractivity contribution in [2.45, 2.75) is 18.9 Å². The van der Waals surface area contributed by atoms with Crippen molar-refractivity contribution in [3.63, 3.8) is 0 Å². The second kappa shape index (κ2) is 10.9. The summed E-state index contributed by atoms with van der Waals surface area (Å²) in [6.07, 6.45) is 2.81. The number of pyridine rings is 1. The minimum atomic E-state index is -0.853. The third-order valence-corrected chi connectivity index (χ3v) is 6.00. The highest BCUT2D eigenvalue weighted by molar-refractivity contribution is 6.30. The van der Waals surface area contributed by atoms with E-state index in [9.17, 15) is 14.4 Å². The van der Waals surface area contributed by atoms with Gasteiger partial charge in [0.2, 0.25) is 11.8 Å². The average molecular weight is 477 g/mol. The van der Waals surface area contributed by atoms with Gasteiger partial charge >= 0.3 is 0 Å². The molecule has 1 aliphatic rings. The maximum absolute atomic E-state index is 13.6. The Balaban J connectivity index is 1.48. The number of nitrogens with zero attached hydrogens (tertiary/aromatic N) is 2. The third-order valence-electron chi connectivity index (χ3n) is 5.77. The summed E-state index contributed by atoms with van der Waals surface area (Å²) in [5.74, 6) is -0.732. The van der Waals surface area contributed by atoms with Crippen molar-refractivity contribution >= 4 is 35.1 Å². The smallest absolute Gasteiger partial charge is 0.252 e. The van der Waals surface area contributed by atoms with E-state index in [4.69, 9.17) is 11.6 Å². The molecule has 34 heavy (non-hydrogen) atoms. The molecule has 0 bridgehead atoms. The van der Waals surface area contributed by atoms with Crippen molar-refractivity contribution in [1.82, 2.24) is 15.2 Å². The van der Waals surface area contributed by atoms with Gasteiger partial charge in [0.15, 0.2) is 0 Å². The maximum Gasteiger partial charge on any atom is 0.252 e. The Hall–Kier alpha value is -3.71. The fourth-order valence-electron chi connectivity index (χ4n) is 3.99. The molecule has 7 nitrogen and oxygen atoms in total. The predicted molar refractivity (Wildman–Crippen MR) is 130 cm³/mol. The van der Waals surface area contributed by atoms with Crippen molar-refractivity contribution < 1.29 is 14.4 Å². The molecule has 0 spiro atoms. The number of rotatable bonds is 6. The third kappa shape index (κ3) is 5.80. The van der Waals surface area contributed by atoms with Crippen LogP contribution in [0, 0.1) is 5.92 Å². The zero-order chi connectivity index (χ0) is 23.9. The van der Waals surface area contributed by atoms with Gasteiger partial charge in [-0.15, -0.1) is 0 Å². The number of carbonyl (C=O) groups is 3. The maximum atomic E-state index is 13.6. The highest BCUT2D eigenvalue weighted by Gasteiger charge is 2.33. The van der Waals surface area contributed by atoms with Gasteiger partial charge in [-0.05, 0) is 42.7 Å². The molecule has 3 aromatic rings. The Morgan fingerprint density at radius 2 is 1.68 bits per heavy atom. The molecule has 2 heterocycles. The molecule has 2 atom stereocenters. The number of carbonyl (C=O) groups excluding carboxylic acids is 3. The van der Waals surface area contributed by atoms with Crippen molar-refractivity contribution in [3.05, 3.63) is 95.1 Å². The first-order valence-corrected chi connectivity index (χ1v) is 11.5. The highest BCUT2D eigenvalue weighted by Crippen LogP contribution is 2.23. The van der Waals surface area contributed by atoms with Gasteiger partial charge < -0.3 is 15.5 Å². The van der Waals surface area contributed by atoms with E-state index in [2.05, 4.69) is 15.6 Å². The molecule has 2 N–H and O–H groups in total. The number of nitrogens with one attached hydrogen (secondary N) is 2. The number of amides is 3. The Kier molecular flexibility index (Phi) is 7.54. The molecular weight excluding hydrogens is 452 g/mol. The quantitative estimate of drug-likeness (QED) is 0.560. The predicted octanol–water partition coefficient (Wildman–Crippen LogP) is 4.08. The molecule has 2 aromatic carbocycles. The van der Waals surface area contributed by atoms with Crippen LogP contribution in [0.3, 0.4) is 0 Å². The van der Waals surface area contributed by atoms with Gasteiger partial charge in [-0.3, -0.25) is 14.4 Å². The first-order chi connectivity index (χ1) is 16.5. The Labute approximate surface area is 203 Å². The SMILES string of the molecule is O=C(NC(C(=O)N1CCCC(C(=O)Nc2ccc(Cl)cn2)C1)c1ccccc1)c1ccccc1. The fraction of sp³-hybridized carbons (Fsp3) is 0.231. The van der Waals surface area contributed by atoms with E-state index in [1.165, 1.54) is 6.20 Å². The van der Waals surface area contributed by atoms with E-state index in [1.54, 1.807) is 41.3 Å². The summed E-state index contributed by atoms with van der Waals surface area (Å²) in [5, 5.41) is 6.16. The number of hydrogen-bond donors (Lipinski definition) is 2. The molecule has 174 valence electrons. The van der Waals surface area contributed by atoms with Crippen molar-refractivity contribution in [3.8, 4) is 0 Å². The lowest BCUT2D eigenvalue weighted by Crippen LogP contribution is -2.48. The van der Waals surface area contributed by atoms with Gasteiger partial charge in [0.1, 0.15) is 11.9 Å². The van der Waals surface area contributed by atoms with Crippen LogP contribution < -0.4 is 10.6 Å². The average Bonchev–Trinajstić information content (AvgIpc) is 2.89. The van der Waals surface area contributed by atoms with Crippen molar-refractivity contribution in [1.29, 1.82) is 0 Å². The highest BCUT2D eigenvalue weighted by atomic mass is 35.5. The molecule has 0 aliphatic carbocycles. The standard InChI is InChI=1S/C26H25ClN4O3/c27-21-13-14-22(28-16-21)29-25(33)20-12-7-15-31(17-20)26(34)23(18-8-3-1-4-9-18)30-24(32)19-10-5-2-6-11-19/h1-6,8-11,13-14,16,20,23H,7,12,15,17H2,(H,30,32)(H,28,29,33). The van der Waals surface area contributed by atoms with Crippen molar-refractivity contribution in [2.24, 2.45) is 5.92 Å². The second-order valence-electron chi connectivity index (χ2n) is 8.16. The molecule has 3 amide bonds. The van der Waals surface area contributed by atoms with Gasteiger partial charge in [-0.1, -0.05) is 60.1 Å². The summed E-state index contributed by atoms with van der Waals surface area (Å²) in [4.78, 5) is 45.0. The van der Waals surface area contributed by atoms with Crippen LogP contribution >= 0.6 is 11.6 Å². The second-order valence-corrected chi connectivity index (χ2v) is 8.59. The van der Waals surface area contributed by atoms with E-state index in [1.807, 2.05) is 36.4 Å². The lowest BCUT2D eigenvalue weighted by Gasteiger charge is -2.34. The molecule has 1 fully saturated rings. The van der Waals surface area contributed by atoms with E-state index in [0.717, 1.165) is 0 Å². The van der Waals surface area contributed by atoms with Crippen LogP contribution in [0.2, 0.25) is 5.02 Å². The summed E-state index contributed by atoms with van der Waals surface area (Å²) in [5.41, 5.74) is 1.16. The first-order valence-electron chi connectivity index (χ1n) is 11.1. The monoisotopic (exact) mass is 476 g/mol. The lowest BCUT2D eigenvalue weighted by molar-refractivity contribution is -0.136. The summed E-state index contributed by atoms with van der Waals surface area (Å²) >= 11 is 5.86. The molecule has 1 saturated heterocycles. The molecular formula is C26H25ClN4O3. The zero-order valence-corrected chi connectivity index (χ0v) is 19.2. The number of aromatic nitrogens is 1. The van der Waals surface area contributed by atoms with Crippen molar-refractivity contribution in [2.75, 3.05) is 18.4 Å². The van der Waals surface area contributed by atoms with Crippen LogP contribution in [0.5, 0.6) is 0 Å². The number of anilines is 1. The molecule has 1 aliphatic heterocycles. The zero-order valence-electron chi connectivity index (χ0n) is 18.5. The molecule has 0 saturated carbocycles. The van der Waals surface area contributed by atoms with E-state index in [-0.39, 0.29) is 30.2 Å². The number of piperidine rings is 1. The number of halogens is 1. The Bertz CT molecular complexity index is 1140. The molecule has 0 radical (unpaired) electrons. The molecule has 8 heteroatoms. The Morgan fingerprint density at radius 3 is 2.35 bits per heavy atom. The van der Waals surface area contributed by atoms with Crippen LogP contribution in [0.4, 0.5) is 5.82 Å². The molecule has 4 rings (SSSR count). The van der Waals surface area contributed by atoms with Crippen LogP contribution in [-0.2, 0) is 9.59 Å². The summed E-state index contributed by atoms with van der Waals surface area (Å²) in [6, 6.07) is 20.4. The molecule has 1 aromatic heterocycles. The van der Waals surface area contributed by atoms with Gasteiger partial charge in [-0.25, -0.2) is 4.98 Å². The van der Waals surface area contributed by atoms with E-state index in [0.29, 0.717) is 41.4 Å². The summed E-state index contributed by atoms with van der Waals surface area (Å²) in [6.45, 7) is 0.787. The topological polar surface area (TPSA) is 91.4 Å². The van der Waals surface area contributed by atoms with E-state index < -0.39 is 6.04 Å². The van der Waals surface area contributed by atoms with Crippen LogP contribution in [0.15, 0.2) is 79.0 Å². The Morgan fingerprint density at radius 1 is 0.971 bits per heavy atom. The largest absolute Gasteiger partial charge is 0.340 e. The lowest BCUT2D eigenvalue weighted by atomic mass is 9.95. The summed E-state index contributed by atoms with van der Waals surface area (Å²) < 4.78 is 0. The summed E-state index contributed by atoms with van der Waals surface area (Å²) in [7, 11) is 0. The molecule has 2 unspecified atom stereocenters.